The lowest BCUT2D eigenvalue weighted by atomic mass is 9.71. The Labute approximate surface area is 98.1 Å². The molecule has 0 aliphatic carbocycles. The van der Waals surface area contributed by atoms with E-state index in [0.717, 1.165) is 49.6 Å². The lowest BCUT2D eigenvalue weighted by Crippen LogP contribution is -2.51. The van der Waals surface area contributed by atoms with Crippen molar-refractivity contribution in [1.82, 2.24) is 5.32 Å². The highest BCUT2D eigenvalue weighted by Gasteiger charge is 2.44. The van der Waals surface area contributed by atoms with Gasteiger partial charge in [-0.3, -0.25) is 0 Å². The summed E-state index contributed by atoms with van der Waals surface area (Å²) in [6.07, 6.45) is 6.58. The Morgan fingerprint density at radius 2 is 1.94 bits per heavy atom. The zero-order chi connectivity index (χ0) is 11.0. The summed E-state index contributed by atoms with van der Waals surface area (Å²) in [5, 5.41) is 3.81. The summed E-state index contributed by atoms with van der Waals surface area (Å²) in [4.78, 5) is 0. The molecule has 3 aliphatic rings. The third kappa shape index (κ3) is 1.89. The van der Waals surface area contributed by atoms with E-state index in [1.54, 1.807) is 0 Å². The van der Waals surface area contributed by atoms with Crippen LogP contribution in [0.2, 0.25) is 0 Å². The molecule has 3 saturated heterocycles. The number of nitrogens with two attached hydrogens (primary N) is 1. The Bertz CT molecular complexity index is 240. The van der Waals surface area contributed by atoms with Gasteiger partial charge < -0.3 is 15.8 Å². The van der Waals surface area contributed by atoms with E-state index < -0.39 is 0 Å². The van der Waals surface area contributed by atoms with E-state index in [1.807, 2.05) is 0 Å². The predicted molar refractivity (Wildman–Crippen MR) is 64.1 cm³/mol. The number of piperidine rings is 1. The first kappa shape index (κ1) is 11.0. The van der Waals surface area contributed by atoms with E-state index in [2.05, 4.69) is 5.32 Å². The normalized spacial score (nSPS) is 44.8. The minimum absolute atomic E-state index is 0.760. The Hall–Kier alpha value is -0.120. The summed E-state index contributed by atoms with van der Waals surface area (Å²) in [5.74, 6) is 2.45. The van der Waals surface area contributed by atoms with Gasteiger partial charge in [-0.05, 0) is 56.4 Å². The van der Waals surface area contributed by atoms with Gasteiger partial charge in [0.05, 0.1) is 0 Å². The van der Waals surface area contributed by atoms with Crippen molar-refractivity contribution in [3.8, 4) is 0 Å². The number of rotatable bonds is 2. The van der Waals surface area contributed by atoms with Crippen molar-refractivity contribution in [2.45, 2.75) is 44.2 Å². The van der Waals surface area contributed by atoms with Gasteiger partial charge >= 0.3 is 0 Å². The summed E-state index contributed by atoms with van der Waals surface area (Å²) in [5.41, 5.74) is 5.99. The molecule has 16 heavy (non-hydrogen) atoms. The highest BCUT2D eigenvalue weighted by atomic mass is 16.5. The third-order valence-corrected chi connectivity index (χ3v) is 4.99. The highest BCUT2D eigenvalue weighted by molar-refractivity contribution is 5.00. The van der Waals surface area contributed by atoms with E-state index >= 15 is 0 Å². The Kier molecular flexibility index (Phi) is 3.18. The molecule has 0 radical (unpaired) electrons. The van der Waals surface area contributed by atoms with E-state index in [1.165, 1.54) is 32.1 Å². The predicted octanol–water partition coefficient (Wildman–Crippen LogP) is 1.13. The van der Waals surface area contributed by atoms with Gasteiger partial charge in [0.15, 0.2) is 0 Å². The molecule has 0 aromatic carbocycles. The molecule has 3 fully saturated rings. The van der Waals surface area contributed by atoms with Crippen molar-refractivity contribution in [3.63, 3.8) is 0 Å². The van der Waals surface area contributed by atoms with Crippen LogP contribution in [0.5, 0.6) is 0 Å². The Morgan fingerprint density at radius 1 is 1.12 bits per heavy atom. The zero-order valence-corrected chi connectivity index (χ0v) is 10.0. The molecule has 4 unspecified atom stereocenters. The van der Waals surface area contributed by atoms with E-state index in [4.69, 9.17) is 10.5 Å². The molecule has 3 nitrogen and oxygen atoms in total. The number of nitrogens with one attached hydrogen (secondary N) is 1. The lowest BCUT2D eigenvalue weighted by Gasteiger charge is -2.43. The fourth-order valence-corrected chi connectivity index (χ4v) is 4.26. The molecule has 3 rings (SSSR count). The molecule has 92 valence electrons. The SMILES string of the molecule is NCC1CC2CCC(N2)C1C1CCOCC1. The van der Waals surface area contributed by atoms with Crippen LogP contribution >= 0.6 is 0 Å². The standard InChI is InChI=1S/C13H24N2O/c14-8-10-7-11-1-2-12(15-11)13(10)9-3-5-16-6-4-9/h9-13,15H,1-8,14H2. The van der Waals surface area contributed by atoms with Crippen LogP contribution in [0.4, 0.5) is 0 Å². The van der Waals surface area contributed by atoms with Crippen LogP contribution in [-0.2, 0) is 4.74 Å². The molecule has 2 bridgehead atoms. The molecule has 0 aromatic heterocycles. The summed E-state index contributed by atoms with van der Waals surface area (Å²) < 4.78 is 5.49. The number of hydrogen-bond acceptors (Lipinski definition) is 3. The van der Waals surface area contributed by atoms with Gasteiger partial charge in [0.2, 0.25) is 0 Å². The fraction of sp³-hybridized carbons (Fsp3) is 1.00. The smallest absolute Gasteiger partial charge is 0.0468 e. The van der Waals surface area contributed by atoms with Crippen molar-refractivity contribution < 1.29 is 4.74 Å². The second-order valence-electron chi connectivity index (χ2n) is 5.81. The second kappa shape index (κ2) is 4.63. The number of fused-ring (bicyclic) bond motifs is 2. The summed E-state index contributed by atoms with van der Waals surface area (Å²) in [7, 11) is 0. The van der Waals surface area contributed by atoms with Crippen LogP contribution in [0.3, 0.4) is 0 Å². The maximum absolute atomic E-state index is 5.99. The minimum atomic E-state index is 0.760. The average Bonchev–Trinajstić information content (AvgIpc) is 2.72. The fourth-order valence-electron chi connectivity index (χ4n) is 4.26. The van der Waals surface area contributed by atoms with Gasteiger partial charge in [-0.1, -0.05) is 0 Å². The monoisotopic (exact) mass is 224 g/mol. The largest absolute Gasteiger partial charge is 0.381 e. The minimum Gasteiger partial charge on any atom is -0.381 e. The Morgan fingerprint density at radius 3 is 2.69 bits per heavy atom. The molecule has 3 heterocycles. The first-order chi connectivity index (χ1) is 7.88. The highest BCUT2D eigenvalue weighted by Crippen LogP contribution is 2.42. The molecule has 4 atom stereocenters. The third-order valence-electron chi connectivity index (χ3n) is 4.99. The van der Waals surface area contributed by atoms with Crippen molar-refractivity contribution >= 4 is 0 Å². The molecule has 0 amide bonds. The number of hydrogen-bond donors (Lipinski definition) is 2. The van der Waals surface area contributed by atoms with Crippen LogP contribution in [-0.4, -0.2) is 31.8 Å². The maximum atomic E-state index is 5.99. The van der Waals surface area contributed by atoms with Crippen LogP contribution in [0.1, 0.15) is 32.1 Å². The topological polar surface area (TPSA) is 47.3 Å². The molecule has 0 aromatic rings. The van der Waals surface area contributed by atoms with Gasteiger partial charge in [0.25, 0.3) is 0 Å². The molecular formula is C13H24N2O. The van der Waals surface area contributed by atoms with Gasteiger partial charge in [0, 0.05) is 25.3 Å². The summed E-state index contributed by atoms with van der Waals surface area (Å²) >= 11 is 0. The average molecular weight is 224 g/mol. The van der Waals surface area contributed by atoms with Crippen LogP contribution < -0.4 is 11.1 Å². The Balaban J connectivity index is 1.73. The van der Waals surface area contributed by atoms with E-state index in [9.17, 15) is 0 Å². The first-order valence-corrected chi connectivity index (χ1v) is 6.92. The second-order valence-corrected chi connectivity index (χ2v) is 5.81. The summed E-state index contributed by atoms with van der Waals surface area (Å²) in [6.45, 7) is 2.82. The molecule has 3 heteroatoms. The molecule has 0 spiro atoms. The van der Waals surface area contributed by atoms with E-state index in [-0.39, 0.29) is 0 Å². The van der Waals surface area contributed by atoms with Crippen molar-refractivity contribution in [3.05, 3.63) is 0 Å². The van der Waals surface area contributed by atoms with Crippen molar-refractivity contribution in [2.75, 3.05) is 19.8 Å². The van der Waals surface area contributed by atoms with Gasteiger partial charge in [-0.2, -0.15) is 0 Å². The molecular weight excluding hydrogens is 200 g/mol. The van der Waals surface area contributed by atoms with Crippen molar-refractivity contribution in [2.24, 2.45) is 23.5 Å². The lowest BCUT2D eigenvalue weighted by molar-refractivity contribution is 0.0164. The molecule has 3 aliphatic heterocycles. The summed E-state index contributed by atoms with van der Waals surface area (Å²) in [6, 6.07) is 1.53. The van der Waals surface area contributed by atoms with Gasteiger partial charge in [-0.25, -0.2) is 0 Å². The quantitative estimate of drug-likeness (QED) is 0.739. The van der Waals surface area contributed by atoms with Crippen molar-refractivity contribution in [1.29, 1.82) is 0 Å². The van der Waals surface area contributed by atoms with Crippen LogP contribution in [0.15, 0.2) is 0 Å². The van der Waals surface area contributed by atoms with E-state index in [0.29, 0.717) is 0 Å². The van der Waals surface area contributed by atoms with Gasteiger partial charge in [-0.15, -0.1) is 0 Å². The maximum Gasteiger partial charge on any atom is 0.0468 e. The molecule has 0 saturated carbocycles. The number of ether oxygens (including phenoxy) is 1. The zero-order valence-electron chi connectivity index (χ0n) is 10.0. The molecule has 3 N–H and O–H groups in total. The van der Waals surface area contributed by atoms with Crippen LogP contribution in [0, 0.1) is 17.8 Å². The first-order valence-electron chi connectivity index (χ1n) is 6.92. The van der Waals surface area contributed by atoms with Crippen LogP contribution in [0.25, 0.3) is 0 Å². The van der Waals surface area contributed by atoms with Gasteiger partial charge in [0.1, 0.15) is 0 Å².